The zero-order valence-electron chi connectivity index (χ0n) is 9.19. The molecule has 72 valence electrons. The predicted octanol–water partition coefficient (Wildman–Crippen LogP) is 3.86. The van der Waals surface area contributed by atoms with Crippen molar-refractivity contribution in [2.24, 2.45) is 5.41 Å². The highest BCUT2D eigenvalue weighted by Crippen LogP contribution is 2.15. The van der Waals surface area contributed by atoms with Crippen LogP contribution >= 0.6 is 11.8 Å². The van der Waals surface area contributed by atoms with Crippen LogP contribution in [0.4, 0.5) is 0 Å². The van der Waals surface area contributed by atoms with Crippen LogP contribution in [0.3, 0.4) is 0 Å². The maximum absolute atomic E-state index is 3.83. The summed E-state index contributed by atoms with van der Waals surface area (Å²) in [5, 5.41) is 0. The van der Waals surface area contributed by atoms with Crippen molar-refractivity contribution < 1.29 is 0 Å². The molecule has 0 aromatic carbocycles. The van der Waals surface area contributed by atoms with Crippen LogP contribution in [-0.2, 0) is 0 Å². The fourth-order valence-corrected chi connectivity index (χ4v) is 1.09. The zero-order valence-corrected chi connectivity index (χ0v) is 10.0. The number of rotatable bonds is 2. The third kappa shape index (κ3) is 7.74. The minimum absolute atomic E-state index is 0.0733. The van der Waals surface area contributed by atoms with Crippen LogP contribution in [0.25, 0.3) is 0 Å². The molecule has 0 atom stereocenters. The molecular weight excluding hydrogens is 176 g/mol. The normalized spacial score (nSPS) is 11.9. The molecule has 0 rings (SSSR count). The summed E-state index contributed by atoms with van der Waals surface area (Å²) in [5.41, 5.74) is 1.12. The van der Waals surface area contributed by atoms with E-state index in [9.17, 15) is 0 Å². The van der Waals surface area contributed by atoms with Crippen molar-refractivity contribution >= 4 is 11.8 Å². The van der Waals surface area contributed by atoms with Gasteiger partial charge in [-0.05, 0) is 40.0 Å². The van der Waals surface area contributed by atoms with E-state index in [1.165, 1.54) is 0 Å². The molecule has 0 spiro atoms. The highest BCUT2D eigenvalue weighted by Gasteiger charge is 2.03. The fourth-order valence-electron chi connectivity index (χ4n) is 0.619. The lowest BCUT2D eigenvalue weighted by Crippen LogP contribution is -1.99. The van der Waals surface area contributed by atoms with Crippen LogP contribution in [0.2, 0.25) is 0 Å². The van der Waals surface area contributed by atoms with Crippen molar-refractivity contribution in [3.63, 3.8) is 0 Å². The molecule has 0 N–H and O–H groups in total. The Kier molecular flexibility index (Phi) is 4.95. The minimum atomic E-state index is 0.0733. The standard InChI is InChI=1S/C12H18S/c1-10(2)9-11(13-6)7-8-12(3,4)5/h9H,1H2,2-6H3. The number of thioether (sulfide) groups is 1. The van der Waals surface area contributed by atoms with Crippen molar-refractivity contribution in [3.8, 4) is 11.8 Å². The van der Waals surface area contributed by atoms with E-state index in [1.807, 2.05) is 19.3 Å². The van der Waals surface area contributed by atoms with Crippen molar-refractivity contribution in [1.29, 1.82) is 0 Å². The Morgan fingerprint density at radius 2 is 1.92 bits per heavy atom. The first-order valence-corrected chi connectivity index (χ1v) is 5.52. The Bertz CT molecular complexity index is 266. The average molecular weight is 194 g/mol. The van der Waals surface area contributed by atoms with Gasteiger partial charge in [0.2, 0.25) is 0 Å². The molecule has 0 unspecified atom stereocenters. The molecule has 1 heteroatoms. The van der Waals surface area contributed by atoms with Gasteiger partial charge in [0.05, 0.1) is 4.91 Å². The van der Waals surface area contributed by atoms with Gasteiger partial charge in [0.1, 0.15) is 0 Å². The molecule has 0 amide bonds. The summed E-state index contributed by atoms with van der Waals surface area (Å²) in [7, 11) is 0. The van der Waals surface area contributed by atoms with E-state index in [-0.39, 0.29) is 5.41 Å². The second-order valence-corrected chi connectivity index (χ2v) is 4.91. The first-order valence-electron chi connectivity index (χ1n) is 4.29. The zero-order chi connectivity index (χ0) is 10.5. The number of hydrogen-bond donors (Lipinski definition) is 0. The third-order valence-corrected chi connectivity index (χ3v) is 1.82. The minimum Gasteiger partial charge on any atom is -0.121 e. The van der Waals surface area contributed by atoms with Crippen LogP contribution < -0.4 is 0 Å². The van der Waals surface area contributed by atoms with Gasteiger partial charge in [-0.15, -0.1) is 11.8 Å². The van der Waals surface area contributed by atoms with Crippen molar-refractivity contribution in [2.45, 2.75) is 27.7 Å². The molecule has 0 aromatic rings. The summed E-state index contributed by atoms with van der Waals surface area (Å²) >= 11 is 1.67. The number of allylic oxidation sites excluding steroid dienone is 3. The quantitative estimate of drug-likeness (QED) is 0.475. The Balaban J connectivity index is 4.62. The van der Waals surface area contributed by atoms with E-state index < -0.39 is 0 Å². The molecule has 0 fully saturated rings. The lowest BCUT2D eigenvalue weighted by Gasteiger charge is -2.07. The Hall–Kier alpha value is -0.610. The second kappa shape index (κ2) is 5.19. The summed E-state index contributed by atoms with van der Waals surface area (Å²) < 4.78 is 0. The first kappa shape index (κ1) is 12.4. The smallest absolute Gasteiger partial charge is 0.0573 e. The van der Waals surface area contributed by atoms with Crippen LogP contribution in [0, 0.1) is 17.3 Å². The van der Waals surface area contributed by atoms with Crippen LogP contribution in [-0.4, -0.2) is 6.26 Å². The molecule has 0 aliphatic rings. The van der Waals surface area contributed by atoms with Gasteiger partial charge in [-0.2, -0.15) is 0 Å². The largest absolute Gasteiger partial charge is 0.121 e. The van der Waals surface area contributed by atoms with Gasteiger partial charge in [-0.3, -0.25) is 0 Å². The highest BCUT2D eigenvalue weighted by molar-refractivity contribution is 8.02. The van der Waals surface area contributed by atoms with Crippen molar-refractivity contribution in [3.05, 3.63) is 23.1 Å². The molecule has 0 bridgehead atoms. The van der Waals surface area contributed by atoms with Gasteiger partial charge in [-0.1, -0.05) is 24.0 Å². The van der Waals surface area contributed by atoms with E-state index >= 15 is 0 Å². The first-order chi connectivity index (χ1) is 5.85. The fraction of sp³-hybridized carbons (Fsp3) is 0.500. The molecule has 0 aromatic heterocycles. The third-order valence-electron chi connectivity index (χ3n) is 1.16. The van der Waals surface area contributed by atoms with Gasteiger partial charge in [0.15, 0.2) is 0 Å². The monoisotopic (exact) mass is 194 g/mol. The molecule has 0 aliphatic heterocycles. The molecule has 0 heterocycles. The molecular formula is C12H18S. The Labute approximate surface area is 86.5 Å². The summed E-state index contributed by atoms with van der Waals surface area (Å²) in [4.78, 5) is 1.09. The molecule has 0 radical (unpaired) electrons. The van der Waals surface area contributed by atoms with Crippen LogP contribution in [0.15, 0.2) is 23.1 Å². The summed E-state index contributed by atoms with van der Waals surface area (Å²) in [6.45, 7) is 12.1. The van der Waals surface area contributed by atoms with Gasteiger partial charge in [0, 0.05) is 5.41 Å². The maximum Gasteiger partial charge on any atom is 0.0573 e. The SMILES string of the molecule is C=C(C)C=C(C#CC(C)(C)C)SC. The van der Waals surface area contributed by atoms with E-state index in [0.29, 0.717) is 0 Å². The number of hydrogen-bond acceptors (Lipinski definition) is 1. The predicted molar refractivity (Wildman–Crippen MR) is 63.6 cm³/mol. The van der Waals surface area contributed by atoms with Gasteiger partial charge in [-0.25, -0.2) is 0 Å². The van der Waals surface area contributed by atoms with E-state index in [4.69, 9.17) is 0 Å². The summed E-state index contributed by atoms with van der Waals surface area (Å²) in [6.07, 6.45) is 4.05. The second-order valence-electron chi connectivity index (χ2n) is 4.06. The van der Waals surface area contributed by atoms with E-state index in [1.54, 1.807) is 11.8 Å². The highest BCUT2D eigenvalue weighted by atomic mass is 32.2. The maximum atomic E-state index is 3.83. The topological polar surface area (TPSA) is 0 Å². The molecule has 0 saturated heterocycles. The van der Waals surface area contributed by atoms with Gasteiger partial charge in [0.25, 0.3) is 0 Å². The van der Waals surface area contributed by atoms with Crippen molar-refractivity contribution in [1.82, 2.24) is 0 Å². The van der Waals surface area contributed by atoms with Gasteiger partial charge >= 0.3 is 0 Å². The average Bonchev–Trinajstić information content (AvgIpc) is 1.95. The van der Waals surface area contributed by atoms with E-state index in [2.05, 4.69) is 39.2 Å². The van der Waals surface area contributed by atoms with Crippen LogP contribution in [0.5, 0.6) is 0 Å². The Morgan fingerprint density at radius 3 is 2.23 bits per heavy atom. The molecule has 0 saturated carbocycles. The lowest BCUT2D eigenvalue weighted by atomic mass is 9.98. The summed E-state index contributed by atoms with van der Waals surface area (Å²) in [5.74, 6) is 6.35. The van der Waals surface area contributed by atoms with Gasteiger partial charge < -0.3 is 0 Å². The van der Waals surface area contributed by atoms with Crippen LogP contribution in [0.1, 0.15) is 27.7 Å². The molecule has 13 heavy (non-hydrogen) atoms. The Morgan fingerprint density at radius 1 is 1.38 bits per heavy atom. The van der Waals surface area contributed by atoms with Crippen molar-refractivity contribution in [2.75, 3.05) is 6.26 Å². The lowest BCUT2D eigenvalue weighted by molar-refractivity contribution is 0.571. The summed E-state index contributed by atoms with van der Waals surface area (Å²) in [6, 6.07) is 0. The molecule has 0 nitrogen and oxygen atoms in total. The van der Waals surface area contributed by atoms with E-state index in [0.717, 1.165) is 10.5 Å². The molecule has 0 aliphatic carbocycles.